The second kappa shape index (κ2) is 5.97. The van der Waals surface area contributed by atoms with Crippen molar-refractivity contribution >= 4 is 12.0 Å². The molecule has 0 fully saturated rings. The number of benzene rings is 1. The van der Waals surface area contributed by atoms with E-state index in [-0.39, 0.29) is 0 Å². The van der Waals surface area contributed by atoms with Crippen LogP contribution >= 0.6 is 0 Å². The molecule has 4 nitrogen and oxygen atoms in total. The summed E-state index contributed by atoms with van der Waals surface area (Å²) in [5.74, 6) is -0.453. The summed E-state index contributed by atoms with van der Waals surface area (Å²) < 4.78 is 2.05. The Hall–Kier alpha value is -2.33. The third kappa shape index (κ3) is 3.41. The molecule has 0 aliphatic rings. The smallest absolute Gasteiger partial charge is 0.269 e. The third-order valence-electron chi connectivity index (χ3n) is 3.35. The molecule has 0 saturated heterocycles. The molecule has 21 heavy (non-hydrogen) atoms. The van der Waals surface area contributed by atoms with Crippen LogP contribution in [-0.4, -0.2) is 27.8 Å². The Morgan fingerprint density at radius 2 is 1.86 bits per heavy atom. The molecule has 0 aliphatic carbocycles. The lowest BCUT2D eigenvalue weighted by Gasteiger charge is -2.12. The van der Waals surface area contributed by atoms with Crippen molar-refractivity contribution in [2.24, 2.45) is 0 Å². The average molecular weight is 284 g/mol. The van der Waals surface area contributed by atoms with Crippen molar-refractivity contribution in [2.75, 3.05) is 7.05 Å². The van der Waals surface area contributed by atoms with Gasteiger partial charge in [0.15, 0.2) is 0 Å². The van der Waals surface area contributed by atoms with Crippen LogP contribution in [0.5, 0.6) is 0 Å². The molecule has 1 amide bonds. The van der Waals surface area contributed by atoms with Crippen molar-refractivity contribution < 1.29 is 10.0 Å². The van der Waals surface area contributed by atoms with Crippen LogP contribution in [0, 0.1) is 20.8 Å². The van der Waals surface area contributed by atoms with Crippen molar-refractivity contribution in [1.29, 1.82) is 0 Å². The van der Waals surface area contributed by atoms with E-state index in [2.05, 4.69) is 37.5 Å². The molecule has 1 aromatic heterocycles. The summed E-state index contributed by atoms with van der Waals surface area (Å²) in [6.07, 6.45) is 6.96. The van der Waals surface area contributed by atoms with E-state index >= 15 is 0 Å². The highest BCUT2D eigenvalue weighted by Gasteiger charge is 2.06. The Morgan fingerprint density at radius 3 is 2.43 bits per heavy atom. The topological polar surface area (TPSA) is 45.5 Å². The van der Waals surface area contributed by atoms with E-state index in [1.54, 1.807) is 6.08 Å². The molecule has 0 atom stereocenters. The highest BCUT2D eigenvalue weighted by Crippen LogP contribution is 2.22. The highest BCUT2D eigenvalue weighted by atomic mass is 16.5. The summed E-state index contributed by atoms with van der Waals surface area (Å²) >= 11 is 0. The van der Waals surface area contributed by atoms with Crippen LogP contribution in [0.25, 0.3) is 11.8 Å². The lowest BCUT2D eigenvalue weighted by molar-refractivity contribution is -0.153. The fourth-order valence-electron chi connectivity index (χ4n) is 2.51. The van der Waals surface area contributed by atoms with Crippen LogP contribution in [0.4, 0.5) is 0 Å². The van der Waals surface area contributed by atoms with Gasteiger partial charge in [0.1, 0.15) is 0 Å². The number of nitrogens with zero attached hydrogens (tertiary/aromatic N) is 2. The van der Waals surface area contributed by atoms with Crippen LogP contribution in [-0.2, 0) is 4.79 Å². The molecular formula is C17H20N2O2. The maximum atomic E-state index is 11.3. The minimum absolute atomic E-state index is 0.453. The van der Waals surface area contributed by atoms with E-state index in [1.807, 2.05) is 18.5 Å². The largest absolute Gasteiger partial charge is 0.323 e. The van der Waals surface area contributed by atoms with Gasteiger partial charge in [0.05, 0.1) is 5.69 Å². The lowest BCUT2D eigenvalue weighted by atomic mass is 10.1. The number of aromatic nitrogens is 1. The van der Waals surface area contributed by atoms with E-state index in [4.69, 9.17) is 5.21 Å². The number of aryl methyl sites for hydroxylation is 3. The number of rotatable bonds is 3. The predicted octanol–water partition coefficient (Wildman–Crippen LogP) is 3.26. The average Bonchev–Trinajstić information content (AvgIpc) is 2.83. The van der Waals surface area contributed by atoms with Gasteiger partial charge < -0.3 is 4.57 Å². The van der Waals surface area contributed by atoms with E-state index in [9.17, 15) is 4.79 Å². The maximum Gasteiger partial charge on any atom is 0.269 e. The van der Waals surface area contributed by atoms with Crippen LogP contribution in [0.2, 0.25) is 0 Å². The summed E-state index contributed by atoms with van der Waals surface area (Å²) in [7, 11) is 1.30. The second-order valence-electron chi connectivity index (χ2n) is 5.29. The van der Waals surface area contributed by atoms with E-state index in [1.165, 1.54) is 29.8 Å². The molecular weight excluding hydrogens is 264 g/mol. The lowest BCUT2D eigenvalue weighted by Crippen LogP contribution is -2.19. The SMILES string of the molecule is Cc1cc(C)c(-n2ccc(/C=C/C(=O)N(C)O)c2)c(C)c1. The fraction of sp³-hybridized carbons (Fsp3) is 0.235. The summed E-state index contributed by atoms with van der Waals surface area (Å²) in [4.78, 5) is 11.3. The zero-order chi connectivity index (χ0) is 15.6. The Morgan fingerprint density at radius 1 is 1.24 bits per heavy atom. The number of carbonyl (C=O) groups excluding carboxylic acids is 1. The minimum atomic E-state index is -0.453. The highest BCUT2D eigenvalue weighted by molar-refractivity contribution is 5.90. The van der Waals surface area contributed by atoms with Gasteiger partial charge in [-0.2, -0.15) is 0 Å². The number of hydrogen-bond donors (Lipinski definition) is 1. The molecule has 0 spiro atoms. The summed E-state index contributed by atoms with van der Waals surface area (Å²) in [5.41, 5.74) is 5.74. The van der Waals surface area contributed by atoms with Gasteiger partial charge in [-0.15, -0.1) is 0 Å². The van der Waals surface area contributed by atoms with Gasteiger partial charge in [-0.25, -0.2) is 5.06 Å². The first-order chi connectivity index (χ1) is 9.88. The van der Waals surface area contributed by atoms with Crippen LogP contribution < -0.4 is 0 Å². The quantitative estimate of drug-likeness (QED) is 0.534. The number of hydroxylamine groups is 2. The normalized spacial score (nSPS) is 11.1. The molecule has 0 bridgehead atoms. The number of amides is 1. The molecule has 0 saturated carbocycles. The van der Waals surface area contributed by atoms with Crippen molar-refractivity contribution in [3.05, 3.63) is 58.9 Å². The zero-order valence-corrected chi connectivity index (χ0v) is 12.8. The van der Waals surface area contributed by atoms with E-state index < -0.39 is 5.91 Å². The first kappa shape index (κ1) is 15.1. The maximum absolute atomic E-state index is 11.3. The number of hydrogen-bond acceptors (Lipinski definition) is 2. The predicted molar refractivity (Wildman–Crippen MR) is 83.6 cm³/mol. The van der Waals surface area contributed by atoms with Crippen molar-refractivity contribution in [3.63, 3.8) is 0 Å². The fourth-order valence-corrected chi connectivity index (χ4v) is 2.51. The van der Waals surface area contributed by atoms with Crippen LogP contribution in [0.15, 0.2) is 36.7 Å². The standard InChI is InChI=1S/C17H20N2O2/c1-12-9-13(2)17(14(3)10-12)19-8-7-15(11-19)5-6-16(20)18(4)21/h5-11,21H,1-4H3/b6-5+. The first-order valence-corrected chi connectivity index (χ1v) is 6.79. The Labute approximate surface area is 124 Å². The summed E-state index contributed by atoms with van der Waals surface area (Å²) in [6, 6.07) is 6.24. The van der Waals surface area contributed by atoms with Gasteiger partial charge in [-0.05, 0) is 49.6 Å². The molecule has 1 N–H and O–H groups in total. The molecule has 1 heterocycles. The van der Waals surface area contributed by atoms with Crippen LogP contribution in [0.3, 0.4) is 0 Å². The molecule has 110 valence electrons. The molecule has 4 heteroatoms. The Kier molecular flexibility index (Phi) is 4.29. The van der Waals surface area contributed by atoms with Crippen molar-refractivity contribution in [1.82, 2.24) is 9.63 Å². The van der Waals surface area contributed by atoms with Gasteiger partial charge >= 0.3 is 0 Å². The van der Waals surface area contributed by atoms with E-state index in [0.29, 0.717) is 5.06 Å². The van der Waals surface area contributed by atoms with Crippen molar-refractivity contribution in [3.8, 4) is 5.69 Å². The van der Waals surface area contributed by atoms with Gasteiger partial charge in [-0.3, -0.25) is 10.0 Å². The molecule has 2 aromatic rings. The molecule has 0 radical (unpaired) electrons. The Bertz CT molecular complexity index is 674. The minimum Gasteiger partial charge on any atom is -0.323 e. The van der Waals surface area contributed by atoms with Gasteiger partial charge in [-0.1, -0.05) is 17.7 Å². The Balaban J connectivity index is 2.31. The monoisotopic (exact) mass is 284 g/mol. The molecule has 1 aromatic carbocycles. The summed E-state index contributed by atoms with van der Waals surface area (Å²) in [5, 5.41) is 9.57. The van der Waals surface area contributed by atoms with Crippen molar-refractivity contribution in [2.45, 2.75) is 20.8 Å². The number of carbonyl (C=O) groups is 1. The van der Waals surface area contributed by atoms with E-state index in [0.717, 1.165) is 11.3 Å². The second-order valence-corrected chi connectivity index (χ2v) is 5.29. The third-order valence-corrected chi connectivity index (χ3v) is 3.35. The summed E-state index contributed by atoms with van der Waals surface area (Å²) in [6.45, 7) is 6.27. The van der Waals surface area contributed by atoms with Gasteiger partial charge in [0, 0.05) is 25.5 Å². The van der Waals surface area contributed by atoms with Crippen LogP contribution in [0.1, 0.15) is 22.3 Å². The molecule has 0 aliphatic heterocycles. The molecule has 2 rings (SSSR count). The van der Waals surface area contributed by atoms with Gasteiger partial charge in [0.2, 0.25) is 0 Å². The molecule has 0 unspecified atom stereocenters. The number of likely N-dealkylation sites (N-methyl/N-ethyl adjacent to an activating group) is 1. The van der Waals surface area contributed by atoms with Gasteiger partial charge in [0.25, 0.3) is 5.91 Å². The zero-order valence-electron chi connectivity index (χ0n) is 12.8. The first-order valence-electron chi connectivity index (χ1n) is 6.79.